The highest BCUT2D eigenvalue weighted by atomic mass is 15.3. The zero-order chi connectivity index (χ0) is 15.0. The number of hydrogen-bond donors (Lipinski definition) is 1. The van der Waals surface area contributed by atoms with Crippen LogP contribution in [-0.4, -0.2) is 54.1 Å². The topological polar surface area (TPSA) is 32.5 Å². The average molecular weight is 293 g/mol. The molecule has 4 atom stereocenters. The molecule has 2 aliphatic heterocycles. The second-order valence-corrected chi connectivity index (χ2v) is 8.79. The van der Waals surface area contributed by atoms with E-state index in [4.69, 9.17) is 5.73 Å². The third-order valence-electron chi connectivity index (χ3n) is 6.41. The standard InChI is InChI=1S/C18H35N3/c1-18(2,3)14-6-7-16(19)17(12-14)21-11-8-15(13-21)20-9-4-5-10-20/h14-17H,4-13,19H2,1-3H3. The minimum absolute atomic E-state index is 0.404. The summed E-state index contributed by atoms with van der Waals surface area (Å²) in [6.45, 7) is 12.4. The maximum Gasteiger partial charge on any atom is 0.0250 e. The number of nitrogens with two attached hydrogens (primary N) is 1. The van der Waals surface area contributed by atoms with Gasteiger partial charge in [-0.2, -0.15) is 0 Å². The van der Waals surface area contributed by atoms with Crippen LogP contribution in [0.4, 0.5) is 0 Å². The van der Waals surface area contributed by atoms with Gasteiger partial charge in [-0.25, -0.2) is 0 Å². The molecule has 3 rings (SSSR count). The molecule has 3 heteroatoms. The van der Waals surface area contributed by atoms with E-state index in [1.807, 2.05) is 0 Å². The Hall–Kier alpha value is -0.120. The van der Waals surface area contributed by atoms with Crippen LogP contribution < -0.4 is 5.73 Å². The monoisotopic (exact) mass is 293 g/mol. The van der Waals surface area contributed by atoms with Gasteiger partial charge in [0.15, 0.2) is 0 Å². The molecule has 0 amide bonds. The SMILES string of the molecule is CC(C)(C)C1CCC(N)C(N2CCC(N3CCCC3)C2)C1. The highest BCUT2D eigenvalue weighted by Gasteiger charge is 2.40. The van der Waals surface area contributed by atoms with Crippen LogP contribution in [0.1, 0.15) is 59.3 Å². The Morgan fingerprint density at radius 1 is 0.905 bits per heavy atom. The molecule has 122 valence electrons. The molecule has 0 aromatic rings. The first-order valence-electron chi connectivity index (χ1n) is 9.19. The van der Waals surface area contributed by atoms with Crippen molar-refractivity contribution in [1.29, 1.82) is 0 Å². The van der Waals surface area contributed by atoms with Gasteiger partial charge in [-0.15, -0.1) is 0 Å². The van der Waals surface area contributed by atoms with Crippen molar-refractivity contribution >= 4 is 0 Å². The lowest BCUT2D eigenvalue weighted by Crippen LogP contribution is -2.52. The first-order chi connectivity index (χ1) is 9.95. The molecule has 2 saturated heterocycles. The van der Waals surface area contributed by atoms with Gasteiger partial charge in [0.1, 0.15) is 0 Å². The summed E-state index contributed by atoms with van der Waals surface area (Å²) in [5, 5.41) is 0. The Bertz CT molecular complexity index is 343. The summed E-state index contributed by atoms with van der Waals surface area (Å²) in [7, 11) is 0. The van der Waals surface area contributed by atoms with Crippen molar-refractivity contribution in [3.8, 4) is 0 Å². The Kier molecular flexibility index (Phi) is 4.63. The summed E-state index contributed by atoms with van der Waals surface area (Å²) in [5.41, 5.74) is 6.94. The molecule has 0 bridgehead atoms. The Morgan fingerprint density at radius 2 is 1.62 bits per heavy atom. The molecule has 21 heavy (non-hydrogen) atoms. The molecule has 3 fully saturated rings. The molecular formula is C18H35N3. The molecule has 0 aromatic heterocycles. The summed E-state index contributed by atoms with van der Waals surface area (Å²) in [5.74, 6) is 0.841. The van der Waals surface area contributed by atoms with Crippen LogP contribution in [0.15, 0.2) is 0 Å². The van der Waals surface area contributed by atoms with Crippen molar-refractivity contribution < 1.29 is 0 Å². The summed E-state index contributed by atoms with van der Waals surface area (Å²) in [4.78, 5) is 5.47. The fourth-order valence-electron chi connectivity index (χ4n) is 4.85. The van der Waals surface area contributed by atoms with Gasteiger partial charge < -0.3 is 5.73 Å². The van der Waals surface area contributed by atoms with E-state index < -0.39 is 0 Å². The fourth-order valence-corrected chi connectivity index (χ4v) is 4.85. The quantitative estimate of drug-likeness (QED) is 0.849. The second-order valence-electron chi connectivity index (χ2n) is 8.79. The summed E-state index contributed by atoms with van der Waals surface area (Å²) < 4.78 is 0. The van der Waals surface area contributed by atoms with Gasteiger partial charge in [-0.1, -0.05) is 20.8 Å². The Morgan fingerprint density at radius 3 is 2.29 bits per heavy atom. The number of nitrogens with zero attached hydrogens (tertiary/aromatic N) is 2. The predicted octanol–water partition coefficient (Wildman–Crippen LogP) is 2.70. The highest BCUT2D eigenvalue weighted by Crippen LogP contribution is 2.39. The molecule has 3 nitrogen and oxygen atoms in total. The summed E-state index contributed by atoms with van der Waals surface area (Å²) in [6, 6.07) is 1.85. The maximum absolute atomic E-state index is 6.51. The van der Waals surface area contributed by atoms with E-state index in [1.165, 1.54) is 64.7 Å². The molecule has 4 unspecified atom stereocenters. The summed E-state index contributed by atoms with van der Waals surface area (Å²) in [6.07, 6.45) is 8.04. The lowest BCUT2D eigenvalue weighted by atomic mass is 9.69. The van der Waals surface area contributed by atoms with Gasteiger partial charge in [0.2, 0.25) is 0 Å². The van der Waals surface area contributed by atoms with Gasteiger partial charge in [-0.3, -0.25) is 9.80 Å². The van der Waals surface area contributed by atoms with Crippen LogP contribution in [0.3, 0.4) is 0 Å². The van der Waals surface area contributed by atoms with E-state index in [-0.39, 0.29) is 0 Å². The van der Waals surface area contributed by atoms with Gasteiger partial charge in [0.25, 0.3) is 0 Å². The molecule has 0 radical (unpaired) electrons. The molecule has 0 spiro atoms. The minimum Gasteiger partial charge on any atom is -0.326 e. The molecule has 2 N–H and O–H groups in total. The van der Waals surface area contributed by atoms with Gasteiger partial charge in [-0.05, 0) is 62.9 Å². The third kappa shape index (κ3) is 3.46. The number of rotatable bonds is 2. The average Bonchev–Trinajstić information content (AvgIpc) is 3.09. The van der Waals surface area contributed by atoms with Gasteiger partial charge in [0.05, 0.1) is 0 Å². The molecule has 1 aliphatic carbocycles. The molecule has 0 aromatic carbocycles. The van der Waals surface area contributed by atoms with Crippen LogP contribution in [0.5, 0.6) is 0 Å². The lowest BCUT2D eigenvalue weighted by Gasteiger charge is -2.44. The van der Waals surface area contributed by atoms with E-state index in [1.54, 1.807) is 0 Å². The van der Waals surface area contributed by atoms with Crippen molar-refractivity contribution in [3.63, 3.8) is 0 Å². The highest BCUT2D eigenvalue weighted by molar-refractivity contribution is 4.96. The number of hydrogen-bond acceptors (Lipinski definition) is 3. The van der Waals surface area contributed by atoms with Crippen molar-refractivity contribution in [2.75, 3.05) is 26.2 Å². The van der Waals surface area contributed by atoms with Gasteiger partial charge in [0, 0.05) is 31.2 Å². The van der Waals surface area contributed by atoms with Crippen molar-refractivity contribution in [1.82, 2.24) is 9.80 Å². The normalized spacial score (nSPS) is 40.0. The van der Waals surface area contributed by atoms with Crippen LogP contribution in [0.2, 0.25) is 0 Å². The first-order valence-corrected chi connectivity index (χ1v) is 9.19. The molecule has 3 aliphatic rings. The maximum atomic E-state index is 6.51. The predicted molar refractivity (Wildman–Crippen MR) is 89.3 cm³/mol. The smallest absolute Gasteiger partial charge is 0.0250 e. The van der Waals surface area contributed by atoms with Crippen molar-refractivity contribution in [3.05, 3.63) is 0 Å². The van der Waals surface area contributed by atoms with E-state index in [2.05, 4.69) is 30.6 Å². The van der Waals surface area contributed by atoms with Crippen molar-refractivity contribution in [2.24, 2.45) is 17.1 Å². The molecule has 1 saturated carbocycles. The fraction of sp³-hybridized carbons (Fsp3) is 1.00. The molecular weight excluding hydrogens is 258 g/mol. The van der Waals surface area contributed by atoms with Crippen LogP contribution in [-0.2, 0) is 0 Å². The Labute approximate surface area is 131 Å². The van der Waals surface area contributed by atoms with E-state index in [0.29, 0.717) is 17.5 Å². The van der Waals surface area contributed by atoms with Crippen molar-refractivity contribution in [2.45, 2.75) is 77.4 Å². The van der Waals surface area contributed by atoms with E-state index in [9.17, 15) is 0 Å². The minimum atomic E-state index is 0.404. The zero-order valence-electron chi connectivity index (χ0n) is 14.4. The Balaban J connectivity index is 1.60. The van der Waals surface area contributed by atoms with Crippen LogP contribution in [0, 0.1) is 11.3 Å². The van der Waals surface area contributed by atoms with Crippen LogP contribution >= 0.6 is 0 Å². The second kappa shape index (κ2) is 6.17. The third-order valence-corrected chi connectivity index (χ3v) is 6.41. The molecule has 2 heterocycles. The number of likely N-dealkylation sites (tertiary alicyclic amines) is 2. The summed E-state index contributed by atoms with van der Waals surface area (Å²) >= 11 is 0. The lowest BCUT2D eigenvalue weighted by molar-refractivity contribution is 0.0784. The largest absolute Gasteiger partial charge is 0.326 e. The zero-order valence-corrected chi connectivity index (χ0v) is 14.4. The van der Waals surface area contributed by atoms with E-state index >= 15 is 0 Å². The van der Waals surface area contributed by atoms with Crippen LogP contribution in [0.25, 0.3) is 0 Å². The first kappa shape index (κ1) is 15.8. The van der Waals surface area contributed by atoms with E-state index in [0.717, 1.165) is 12.0 Å². The van der Waals surface area contributed by atoms with Gasteiger partial charge >= 0.3 is 0 Å².